The van der Waals surface area contributed by atoms with E-state index in [1.54, 1.807) is 18.2 Å². The quantitative estimate of drug-likeness (QED) is 0.461. The highest BCUT2D eigenvalue weighted by atomic mass is 79.9. The molecule has 0 aliphatic carbocycles. The molecule has 0 saturated carbocycles. The van der Waals surface area contributed by atoms with E-state index in [1.807, 2.05) is 35.6 Å². The molecule has 2 aromatic heterocycles. The predicted octanol–water partition coefficient (Wildman–Crippen LogP) is 5.43. The summed E-state index contributed by atoms with van der Waals surface area (Å²) in [5.74, 6) is 0.530. The molecule has 1 atom stereocenters. The molecule has 3 aromatic rings. The molecule has 0 N–H and O–H groups in total. The topological polar surface area (TPSA) is 70.1 Å². The highest BCUT2D eigenvalue weighted by Crippen LogP contribution is 2.36. The average Bonchev–Trinajstić information content (AvgIpc) is 3.12. The minimum absolute atomic E-state index is 0.303. The van der Waals surface area contributed by atoms with Crippen molar-refractivity contribution in [3.63, 3.8) is 0 Å². The Balaban J connectivity index is 1.83. The molecule has 0 radical (unpaired) electrons. The molecular weight excluding hydrogens is 467 g/mol. The molecule has 3 heterocycles. The van der Waals surface area contributed by atoms with Crippen molar-refractivity contribution in [1.29, 1.82) is 5.26 Å². The Morgan fingerprint density at radius 3 is 2.67 bits per heavy atom. The number of hydrogen-bond acceptors (Lipinski definition) is 6. The molecule has 4 rings (SSSR count). The van der Waals surface area contributed by atoms with Gasteiger partial charge in [0.25, 0.3) is 0 Å². The Morgan fingerprint density at radius 1 is 1.23 bits per heavy atom. The Hall–Kier alpha value is -2.70. The number of rotatable bonds is 4. The number of pyridine rings is 1. The van der Waals surface area contributed by atoms with Crippen LogP contribution in [0.25, 0.3) is 11.0 Å². The molecule has 0 amide bonds. The second kappa shape index (κ2) is 8.58. The van der Waals surface area contributed by atoms with E-state index in [9.17, 15) is 9.65 Å². The second-order valence-corrected chi connectivity index (χ2v) is 8.36. The Labute approximate surface area is 186 Å². The van der Waals surface area contributed by atoms with Crippen LogP contribution in [0.1, 0.15) is 25.5 Å². The smallest absolute Gasteiger partial charge is 0.171 e. The van der Waals surface area contributed by atoms with Crippen LogP contribution in [-0.2, 0) is 6.54 Å². The molecule has 1 aliphatic heterocycles. The van der Waals surface area contributed by atoms with Crippen LogP contribution in [-0.4, -0.2) is 26.5 Å². The Morgan fingerprint density at radius 2 is 2.00 bits per heavy atom. The number of hydrogen-bond donors (Lipinski definition) is 0. The van der Waals surface area contributed by atoms with E-state index in [0.29, 0.717) is 23.2 Å². The van der Waals surface area contributed by atoms with Crippen LogP contribution in [0, 0.1) is 17.1 Å². The number of aliphatic imine (C=N–C) groups is 1. The number of nitrogens with zero attached hydrogens (tertiary/aromatic N) is 6. The number of aromatic nitrogens is 3. The molecule has 0 fully saturated rings. The van der Waals surface area contributed by atoms with E-state index in [2.05, 4.69) is 32.1 Å². The van der Waals surface area contributed by atoms with Gasteiger partial charge in [-0.15, -0.1) is 0 Å². The van der Waals surface area contributed by atoms with Gasteiger partial charge in [0.15, 0.2) is 11.0 Å². The van der Waals surface area contributed by atoms with Gasteiger partial charge in [-0.05, 0) is 77.4 Å². The lowest BCUT2D eigenvalue weighted by Crippen LogP contribution is -2.32. The van der Waals surface area contributed by atoms with Gasteiger partial charge in [0.05, 0.1) is 10.9 Å². The van der Waals surface area contributed by atoms with Gasteiger partial charge in [-0.1, -0.05) is 12.1 Å². The summed E-state index contributed by atoms with van der Waals surface area (Å²) in [5.41, 5.74) is 2.39. The summed E-state index contributed by atoms with van der Waals surface area (Å²) >= 11 is 4.76. The van der Waals surface area contributed by atoms with Gasteiger partial charge in [-0.2, -0.15) is 10.4 Å². The van der Waals surface area contributed by atoms with Crippen LogP contribution in [0.15, 0.2) is 57.0 Å². The lowest BCUT2D eigenvalue weighted by molar-refractivity contribution is 0.626. The van der Waals surface area contributed by atoms with E-state index in [1.165, 1.54) is 23.9 Å². The summed E-state index contributed by atoms with van der Waals surface area (Å²) in [4.78, 5) is 12.1. The molecule has 1 aromatic carbocycles. The van der Waals surface area contributed by atoms with Gasteiger partial charge in [-0.25, -0.2) is 19.0 Å². The zero-order valence-electron chi connectivity index (χ0n) is 16.4. The number of allylic oxidation sites excluding steroid dienone is 1. The molecule has 0 spiro atoms. The molecule has 1 unspecified atom stereocenters. The second-order valence-electron chi connectivity index (χ2n) is 6.54. The molecule has 0 bridgehead atoms. The molecule has 0 saturated heterocycles. The SMILES string of the molecule is CCN(C1=NC(c2ccc(F)cc2)C=C(C#N)S1)c1c2nc(Br)ccc2nn1CC. The number of amidine groups is 1. The van der Waals surface area contributed by atoms with Crippen molar-refractivity contribution in [2.75, 3.05) is 11.4 Å². The van der Waals surface area contributed by atoms with Gasteiger partial charge >= 0.3 is 0 Å². The predicted molar refractivity (Wildman–Crippen MR) is 122 cm³/mol. The first-order valence-electron chi connectivity index (χ1n) is 9.47. The number of thioether (sulfide) groups is 1. The number of aryl methyl sites for hydroxylation is 1. The summed E-state index contributed by atoms with van der Waals surface area (Å²) in [7, 11) is 0. The summed E-state index contributed by atoms with van der Waals surface area (Å²) in [6.45, 7) is 5.34. The van der Waals surface area contributed by atoms with Crippen molar-refractivity contribution in [1.82, 2.24) is 14.8 Å². The maximum atomic E-state index is 13.4. The normalized spacial score (nSPS) is 16.2. The number of halogens is 2. The maximum absolute atomic E-state index is 13.4. The zero-order chi connectivity index (χ0) is 21.3. The molecule has 9 heteroatoms. The van der Waals surface area contributed by atoms with Crippen LogP contribution in [0.5, 0.6) is 0 Å². The van der Waals surface area contributed by atoms with Crippen LogP contribution in [0.3, 0.4) is 0 Å². The van der Waals surface area contributed by atoms with Gasteiger partial charge in [-0.3, -0.25) is 0 Å². The third kappa shape index (κ3) is 3.85. The van der Waals surface area contributed by atoms with Crippen LogP contribution in [0.2, 0.25) is 0 Å². The Bertz CT molecular complexity index is 1190. The van der Waals surface area contributed by atoms with E-state index >= 15 is 0 Å². The first kappa shape index (κ1) is 20.6. The highest BCUT2D eigenvalue weighted by Gasteiger charge is 2.27. The number of anilines is 1. The first-order chi connectivity index (χ1) is 14.5. The number of benzene rings is 1. The average molecular weight is 485 g/mol. The summed E-state index contributed by atoms with van der Waals surface area (Å²) in [6, 6.07) is 11.9. The minimum atomic E-state index is -0.366. The number of fused-ring (bicyclic) bond motifs is 1. The van der Waals surface area contributed by atoms with Crippen molar-refractivity contribution in [2.45, 2.75) is 26.4 Å². The van der Waals surface area contributed by atoms with Crippen molar-refractivity contribution < 1.29 is 4.39 Å². The van der Waals surface area contributed by atoms with Gasteiger partial charge in [0.2, 0.25) is 0 Å². The lowest BCUT2D eigenvalue weighted by atomic mass is 10.1. The van der Waals surface area contributed by atoms with Crippen molar-refractivity contribution in [2.24, 2.45) is 4.99 Å². The van der Waals surface area contributed by atoms with Crippen LogP contribution >= 0.6 is 27.7 Å². The standard InChI is InChI=1S/C21H18BrFN6S/c1-3-28(20-19-16(27-29(20)4-2)9-10-18(22)26-19)21-25-17(11-15(12-24)30-21)13-5-7-14(23)8-6-13/h5-11,17H,3-4H2,1-2H3. The lowest BCUT2D eigenvalue weighted by Gasteiger charge is -2.28. The molecule has 6 nitrogen and oxygen atoms in total. The number of nitriles is 1. The third-order valence-corrected chi connectivity index (χ3v) is 6.11. The monoisotopic (exact) mass is 484 g/mol. The van der Waals surface area contributed by atoms with Gasteiger partial charge in [0.1, 0.15) is 27.5 Å². The minimum Gasteiger partial charge on any atom is -0.304 e. The van der Waals surface area contributed by atoms with E-state index in [4.69, 9.17) is 4.99 Å². The van der Waals surface area contributed by atoms with E-state index in [0.717, 1.165) is 27.0 Å². The molecule has 152 valence electrons. The largest absolute Gasteiger partial charge is 0.304 e. The van der Waals surface area contributed by atoms with Crippen LogP contribution in [0.4, 0.5) is 10.2 Å². The summed E-state index contributed by atoms with van der Waals surface area (Å²) in [5, 5.41) is 15.0. The fraction of sp³-hybridized carbons (Fsp3) is 0.238. The van der Waals surface area contributed by atoms with Crippen molar-refractivity contribution in [3.8, 4) is 6.07 Å². The van der Waals surface area contributed by atoms with E-state index in [-0.39, 0.29) is 11.9 Å². The zero-order valence-corrected chi connectivity index (χ0v) is 18.8. The fourth-order valence-corrected chi connectivity index (χ4v) is 4.55. The fourth-order valence-electron chi connectivity index (χ4n) is 3.31. The van der Waals surface area contributed by atoms with Crippen molar-refractivity contribution in [3.05, 3.63) is 63.4 Å². The summed E-state index contributed by atoms with van der Waals surface area (Å²) in [6.07, 6.45) is 1.80. The van der Waals surface area contributed by atoms with Crippen molar-refractivity contribution >= 4 is 49.7 Å². The first-order valence-corrected chi connectivity index (χ1v) is 11.1. The van der Waals surface area contributed by atoms with Crippen LogP contribution < -0.4 is 4.90 Å². The van der Waals surface area contributed by atoms with Gasteiger partial charge in [0, 0.05) is 13.1 Å². The van der Waals surface area contributed by atoms with Gasteiger partial charge < -0.3 is 4.90 Å². The Kier molecular flexibility index (Phi) is 5.88. The van der Waals surface area contributed by atoms with E-state index < -0.39 is 0 Å². The summed E-state index contributed by atoms with van der Waals surface area (Å²) < 4.78 is 16.0. The third-order valence-electron chi connectivity index (χ3n) is 4.71. The maximum Gasteiger partial charge on any atom is 0.171 e. The molecule has 30 heavy (non-hydrogen) atoms. The molecule has 1 aliphatic rings. The highest BCUT2D eigenvalue weighted by molar-refractivity contribution is 9.10. The molecular formula is C21H18BrFN6S.